The van der Waals surface area contributed by atoms with Gasteiger partial charge in [0.2, 0.25) is 0 Å². The van der Waals surface area contributed by atoms with E-state index < -0.39 is 23.2 Å². The first kappa shape index (κ1) is 21.2. The number of fused-ring (bicyclic) bond motifs is 1. The summed E-state index contributed by atoms with van der Waals surface area (Å²) in [6.45, 7) is 1.97. The van der Waals surface area contributed by atoms with Crippen molar-refractivity contribution < 1.29 is 25.2 Å². The minimum Gasteiger partial charge on any atom is -0.508 e. The summed E-state index contributed by atoms with van der Waals surface area (Å²) in [6, 6.07) is 17.2. The molecule has 0 atom stereocenters. The highest BCUT2D eigenvalue weighted by Gasteiger charge is 2.17. The lowest BCUT2D eigenvalue weighted by atomic mass is 10.1. The van der Waals surface area contributed by atoms with Crippen LogP contribution in [0, 0.1) is 0 Å². The number of aromatic nitrogens is 1. The zero-order valence-electron chi connectivity index (χ0n) is 17.0. The second-order valence-corrected chi connectivity index (χ2v) is 8.17. The van der Waals surface area contributed by atoms with E-state index in [0.29, 0.717) is 17.2 Å². The fraction of sp³-hybridized carbons (Fsp3) is 0.0833. The fourth-order valence-electron chi connectivity index (χ4n) is 3.07. The Hall–Kier alpha value is -4.04. The van der Waals surface area contributed by atoms with E-state index in [2.05, 4.69) is 34.6 Å². The van der Waals surface area contributed by atoms with Gasteiger partial charge in [-0.2, -0.15) is 0 Å². The summed E-state index contributed by atoms with van der Waals surface area (Å²) in [6.07, 6.45) is 0.713. The molecule has 1 aromatic heterocycles. The summed E-state index contributed by atoms with van der Waals surface area (Å²) in [5, 5.41) is 40.8. The first-order chi connectivity index (χ1) is 15.4. The van der Waals surface area contributed by atoms with Gasteiger partial charge in [0.1, 0.15) is 5.75 Å². The van der Waals surface area contributed by atoms with Gasteiger partial charge in [-0.05, 0) is 60.0 Å². The molecule has 1 amide bonds. The largest absolute Gasteiger partial charge is 0.508 e. The summed E-state index contributed by atoms with van der Waals surface area (Å²) in [5.41, 5.74) is 4.36. The minimum absolute atomic E-state index is 0.0165. The van der Waals surface area contributed by atoms with E-state index in [0.717, 1.165) is 22.6 Å². The van der Waals surface area contributed by atoms with Crippen LogP contribution in [0.1, 0.15) is 22.2 Å². The van der Waals surface area contributed by atoms with Gasteiger partial charge >= 0.3 is 0 Å². The smallest absolute Gasteiger partial charge is 0.257 e. The Labute approximate surface area is 187 Å². The summed E-state index contributed by atoms with van der Waals surface area (Å²) < 4.78 is 0. The molecular weight excluding hydrogens is 428 g/mol. The molecule has 5 rings (SSSR count). The number of nitrogens with one attached hydrogen (secondary N) is 1. The van der Waals surface area contributed by atoms with Crippen molar-refractivity contribution in [3.8, 4) is 45.4 Å². The number of amides is 1. The van der Waals surface area contributed by atoms with Crippen LogP contribution in [0.2, 0.25) is 0 Å². The van der Waals surface area contributed by atoms with Gasteiger partial charge in [0.25, 0.3) is 5.91 Å². The number of aromatic hydroxyl groups is 4. The molecule has 1 heterocycles. The molecule has 7 nitrogen and oxygen atoms in total. The minimum atomic E-state index is -0.682. The summed E-state index contributed by atoms with van der Waals surface area (Å²) in [4.78, 5) is 17.7. The fourth-order valence-corrected chi connectivity index (χ4v) is 3.99. The van der Waals surface area contributed by atoms with Crippen molar-refractivity contribution in [2.75, 3.05) is 5.32 Å². The predicted molar refractivity (Wildman–Crippen MR) is 123 cm³/mol. The molecule has 0 aliphatic heterocycles. The van der Waals surface area contributed by atoms with Crippen molar-refractivity contribution in [2.45, 2.75) is 13.3 Å². The predicted octanol–water partition coefficient (Wildman–Crippen LogP) is 5.11. The maximum absolute atomic E-state index is 12.3. The Balaban J connectivity index is 0.000000346. The van der Waals surface area contributed by atoms with Crippen LogP contribution in [0.25, 0.3) is 22.4 Å². The number of phenols is 4. The molecule has 2 aliphatic rings. The molecule has 0 unspecified atom stereocenters. The zero-order chi connectivity index (χ0) is 22.8. The van der Waals surface area contributed by atoms with Crippen LogP contribution in [-0.2, 0) is 6.42 Å². The maximum Gasteiger partial charge on any atom is 0.257 e. The van der Waals surface area contributed by atoms with Crippen LogP contribution in [0.15, 0.2) is 60.7 Å². The van der Waals surface area contributed by atoms with Gasteiger partial charge < -0.3 is 20.4 Å². The first-order valence-electron chi connectivity index (χ1n) is 9.81. The van der Waals surface area contributed by atoms with E-state index in [1.807, 2.05) is 6.92 Å². The molecule has 0 fully saturated rings. The van der Waals surface area contributed by atoms with Crippen molar-refractivity contribution >= 4 is 22.4 Å². The van der Waals surface area contributed by atoms with Gasteiger partial charge in [0, 0.05) is 16.0 Å². The summed E-state index contributed by atoms with van der Waals surface area (Å²) in [7, 11) is 0. The molecule has 2 aromatic carbocycles. The van der Waals surface area contributed by atoms with Crippen molar-refractivity contribution in [1.82, 2.24) is 4.98 Å². The number of phenolic OH excluding ortho intramolecular Hbond substituents is 4. The van der Waals surface area contributed by atoms with Crippen LogP contribution < -0.4 is 5.32 Å². The quantitative estimate of drug-likeness (QED) is 0.243. The average Bonchev–Trinajstić information content (AvgIpc) is 3.18. The van der Waals surface area contributed by atoms with E-state index in [1.54, 1.807) is 24.3 Å². The zero-order valence-corrected chi connectivity index (χ0v) is 17.8. The second-order valence-electron chi connectivity index (χ2n) is 7.09. The van der Waals surface area contributed by atoms with Crippen molar-refractivity contribution in [2.24, 2.45) is 0 Å². The van der Waals surface area contributed by atoms with E-state index in [1.165, 1.54) is 22.5 Å². The number of benzene rings is 3. The van der Waals surface area contributed by atoms with Gasteiger partial charge in [0.15, 0.2) is 22.4 Å². The van der Waals surface area contributed by atoms with E-state index in [9.17, 15) is 25.2 Å². The lowest BCUT2D eigenvalue weighted by Crippen LogP contribution is -2.11. The molecule has 5 N–H and O–H groups in total. The molecule has 8 heteroatoms. The highest BCUT2D eigenvalue weighted by molar-refractivity contribution is 7.16. The molecule has 0 saturated carbocycles. The molecule has 162 valence electrons. The third kappa shape index (κ3) is 4.50. The van der Waals surface area contributed by atoms with Crippen LogP contribution >= 0.6 is 11.3 Å². The van der Waals surface area contributed by atoms with Crippen LogP contribution in [0.5, 0.6) is 23.0 Å². The van der Waals surface area contributed by atoms with Gasteiger partial charge in [-0.3, -0.25) is 10.1 Å². The number of hydrogen-bond acceptors (Lipinski definition) is 7. The molecule has 0 saturated heterocycles. The summed E-state index contributed by atoms with van der Waals surface area (Å²) >= 11 is 1.31. The van der Waals surface area contributed by atoms with E-state index >= 15 is 0 Å². The highest BCUT2D eigenvalue weighted by Crippen LogP contribution is 2.36. The highest BCUT2D eigenvalue weighted by atomic mass is 32.1. The lowest BCUT2D eigenvalue weighted by Gasteiger charge is -2.05. The van der Waals surface area contributed by atoms with Crippen molar-refractivity contribution in [3.63, 3.8) is 0 Å². The third-order valence-electron chi connectivity index (χ3n) is 4.82. The van der Waals surface area contributed by atoms with Gasteiger partial charge in [-0.1, -0.05) is 25.1 Å². The van der Waals surface area contributed by atoms with Crippen LogP contribution in [0.4, 0.5) is 5.13 Å². The van der Waals surface area contributed by atoms with Crippen LogP contribution in [0.3, 0.4) is 0 Å². The Kier molecular flexibility index (Phi) is 5.70. The Morgan fingerprint density at radius 1 is 0.906 bits per heavy atom. The number of nitrogens with zero attached hydrogens (tertiary/aromatic N) is 1. The number of anilines is 1. The second kappa shape index (κ2) is 8.60. The monoisotopic (exact) mass is 448 g/mol. The van der Waals surface area contributed by atoms with Crippen LogP contribution in [-0.4, -0.2) is 31.3 Å². The number of thiazole rings is 1. The standard InChI is InChI=1S/C18H16N2O5S.C6H4/c1-2-14-15(9-3-5-11(21)6-4-9)19-18(26-14)20-17(25)10-7-12(22)16(24)13(23)8-10;1-2-5-4-6(5)3-1/h3-8,21-24H,2H2,1H3,(H,19,20,25);1-4H. The number of hydrogen-bond donors (Lipinski definition) is 5. The van der Waals surface area contributed by atoms with Crippen molar-refractivity contribution in [1.29, 1.82) is 0 Å². The molecule has 0 bridgehead atoms. The topological polar surface area (TPSA) is 123 Å². The van der Waals surface area contributed by atoms with E-state index in [-0.39, 0.29) is 11.3 Å². The Bertz CT molecular complexity index is 1260. The van der Waals surface area contributed by atoms with Gasteiger partial charge in [-0.15, -0.1) is 11.3 Å². The molecule has 3 aromatic rings. The molecule has 2 aliphatic carbocycles. The third-order valence-corrected chi connectivity index (χ3v) is 5.94. The average molecular weight is 449 g/mol. The normalized spacial score (nSPS) is 10.8. The molecular formula is C24H20N2O5S. The summed E-state index contributed by atoms with van der Waals surface area (Å²) in [5.74, 6) is -2.29. The Morgan fingerprint density at radius 3 is 2.03 bits per heavy atom. The lowest BCUT2D eigenvalue weighted by molar-refractivity contribution is 0.102. The van der Waals surface area contributed by atoms with Crippen molar-refractivity contribution in [3.05, 3.63) is 71.1 Å². The number of aryl methyl sites for hydroxylation is 1. The number of rotatable bonds is 4. The molecule has 32 heavy (non-hydrogen) atoms. The molecule has 0 radical (unpaired) electrons. The first-order valence-corrected chi connectivity index (χ1v) is 10.6. The van der Waals surface area contributed by atoms with E-state index in [4.69, 9.17) is 0 Å². The SMILES string of the molecule is CCc1sc(NC(=O)c2cc(O)c(O)c(O)c2)nc1-c1ccc(O)cc1.c1cc2cc-2c1. The Morgan fingerprint density at radius 2 is 1.53 bits per heavy atom. The molecule has 0 spiro atoms. The number of carbonyl (C=O) groups excluding carboxylic acids is 1. The van der Waals surface area contributed by atoms with Gasteiger partial charge in [-0.25, -0.2) is 4.98 Å². The maximum atomic E-state index is 12.3. The van der Waals surface area contributed by atoms with Gasteiger partial charge in [0.05, 0.1) is 5.69 Å². The number of carbonyl (C=O) groups is 1.